The van der Waals surface area contributed by atoms with Crippen LogP contribution < -0.4 is 10.8 Å². The van der Waals surface area contributed by atoms with Crippen LogP contribution in [0, 0.1) is 10.4 Å². The van der Waals surface area contributed by atoms with Crippen LogP contribution in [0.5, 0.6) is 0 Å². The van der Waals surface area contributed by atoms with Crippen LogP contribution in [0.1, 0.15) is 6.92 Å². The van der Waals surface area contributed by atoms with Crippen molar-refractivity contribution in [1.82, 2.24) is 15.2 Å². The van der Waals surface area contributed by atoms with Gasteiger partial charge in [0.15, 0.2) is 0 Å². The van der Waals surface area contributed by atoms with Gasteiger partial charge in [-0.15, -0.1) is 0 Å². The van der Waals surface area contributed by atoms with E-state index in [-0.39, 0.29) is 11.3 Å². The number of aromatic nitrogens is 3. The molecule has 0 aromatic heterocycles. The van der Waals surface area contributed by atoms with Crippen LogP contribution in [-0.2, 0) is 0 Å². The molecule has 2 aromatic carbocycles. The molecule has 23 heavy (non-hydrogen) atoms. The summed E-state index contributed by atoms with van der Waals surface area (Å²) in [7, 11) is 0. The molecule has 0 saturated heterocycles. The van der Waals surface area contributed by atoms with Crippen molar-refractivity contribution in [2.24, 2.45) is 0 Å². The van der Waals surface area contributed by atoms with E-state index in [1.807, 2.05) is 30.3 Å². The van der Waals surface area contributed by atoms with Gasteiger partial charge < -0.3 is 5.11 Å². The van der Waals surface area contributed by atoms with Crippen LogP contribution >= 0.6 is 0 Å². The lowest BCUT2D eigenvalue weighted by atomic mass is 10.1. The van der Waals surface area contributed by atoms with Crippen molar-refractivity contribution in [2.75, 3.05) is 0 Å². The zero-order chi connectivity index (χ0) is 16.0. The number of hydrogen-bond donors (Lipinski definition) is 2. The fourth-order valence-corrected chi connectivity index (χ4v) is 2.84. The van der Waals surface area contributed by atoms with E-state index in [1.54, 1.807) is 25.3 Å². The summed E-state index contributed by atoms with van der Waals surface area (Å²) in [5.74, 6) is 0.145. The maximum absolute atomic E-state index is 12.3. The van der Waals surface area contributed by atoms with Crippen molar-refractivity contribution >= 4 is 16.7 Å². The second-order valence-corrected chi connectivity index (χ2v) is 5.44. The third kappa shape index (κ3) is 2.05. The Balaban J connectivity index is 2.31. The summed E-state index contributed by atoms with van der Waals surface area (Å²) >= 11 is 0. The van der Waals surface area contributed by atoms with Crippen LogP contribution in [-0.4, -0.2) is 20.3 Å². The number of benzene rings is 2. The summed E-state index contributed by atoms with van der Waals surface area (Å²) in [6.45, 7) is 1.58. The monoisotopic (exact) mass is 303 g/mol. The van der Waals surface area contributed by atoms with Crippen LogP contribution in [0.25, 0.3) is 27.9 Å². The van der Waals surface area contributed by atoms with Gasteiger partial charge >= 0.3 is 0 Å². The maximum atomic E-state index is 12.3. The number of nitrogens with one attached hydrogen (secondary N) is 1. The van der Waals surface area contributed by atoms with Crippen LogP contribution in [0.3, 0.4) is 0 Å². The van der Waals surface area contributed by atoms with Gasteiger partial charge in [-0.05, 0) is 19.1 Å². The third-order valence-electron chi connectivity index (χ3n) is 3.94. The zero-order valence-corrected chi connectivity index (χ0v) is 12.4. The van der Waals surface area contributed by atoms with E-state index >= 15 is 0 Å². The molecule has 0 fully saturated rings. The molecule has 0 aliphatic carbocycles. The first-order valence-electron chi connectivity index (χ1n) is 7.21. The van der Waals surface area contributed by atoms with Crippen LogP contribution in [0.4, 0.5) is 0 Å². The van der Waals surface area contributed by atoms with Gasteiger partial charge in [0, 0.05) is 21.2 Å². The smallest absolute Gasteiger partial charge is 0.272 e. The lowest BCUT2D eigenvalue weighted by Gasteiger charge is -1.95. The highest BCUT2D eigenvalue weighted by molar-refractivity contribution is 5.74. The number of aliphatic hydroxyl groups is 1. The molecular weight excluding hydrogens is 290 g/mol. The predicted molar refractivity (Wildman–Crippen MR) is 87.8 cm³/mol. The minimum Gasteiger partial charge on any atom is -0.512 e. The van der Waals surface area contributed by atoms with E-state index < -0.39 is 0 Å². The standard InChI is InChI=1S/C18H13N3O2/c1-10(22)12-7-13-16-14(9-19-21-18(13)23)17(20-15(16)8-12)11-5-3-2-4-6-11/h2-9,22H,1H3,(H,21,23)/b12-10-. The summed E-state index contributed by atoms with van der Waals surface area (Å²) in [4.78, 5) is 16.9. The minimum atomic E-state index is -0.305. The van der Waals surface area contributed by atoms with Crippen molar-refractivity contribution in [3.8, 4) is 11.3 Å². The molecule has 112 valence electrons. The molecule has 4 rings (SSSR count). The summed E-state index contributed by atoms with van der Waals surface area (Å²) in [5.41, 5.74) is 2.09. The Kier molecular flexibility index (Phi) is 2.87. The second-order valence-electron chi connectivity index (χ2n) is 5.44. The molecule has 0 spiro atoms. The second kappa shape index (κ2) is 4.91. The van der Waals surface area contributed by atoms with E-state index in [1.165, 1.54) is 0 Å². The highest BCUT2D eigenvalue weighted by Gasteiger charge is 2.12. The number of hydrogen-bond acceptors (Lipinski definition) is 4. The normalized spacial score (nSPS) is 12.7. The quantitative estimate of drug-likeness (QED) is 0.564. The topological polar surface area (TPSA) is 78.9 Å². The fourth-order valence-electron chi connectivity index (χ4n) is 2.84. The Hall–Kier alpha value is -3.21. The lowest BCUT2D eigenvalue weighted by molar-refractivity contribution is 0.499. The number of aliphatic hydroxyl groups excluding tert-OH is 1. The van der Waals surface area contributed by atoms with Crippen molar-refractivity contribution < 1.29 is 5.11 Å². The average Bonchev–Trinajstić information content (AvgIpc) is 2.84. The minimum absolute atomic E-state index is 0.145. The lowest BCUT2D eigenvalue weighted by Crippen LogP contribution is -2.10. The molecule has 0 saturated carbocycles. The van der Waals surface area contributed by atoms with Gasteiger partial charge in [0.05, 0.1) is 28.6 Å². The van der Waals surface area contributed by atoms with Gasteiger partial charge in [0.1, 0.15) is 0 Å². The fraction of sp³-hybridized carbons (Fsp3) is 0.0556. The van der Waals surface area contributed by atoms with Crippen molar-refractivity contribution in [2.45, 2.75) is 6.92 Å². The van der Waals surface area contributed by atoms with Crippen molar-refractivity contribution in [3.05, 3.63) is 74.7 Å². The summed E-state index contributed by atoms with van der Waals surface area (Å²) in [5, 5.41) is 18.9. The molecule has 0 amide bonds. The number of aromatic amines is 1. The highest BCUT2D eigenvalue weighted by atomic mass is 16.3. The molecule has 5 nitrogen and oxygen atoms in total. The van der Waals surface area contributed by atoms with Crippen molar-refractivity contribution in [3.63, 3.8) is 0 Å². The molecule has 2 aliphatic heterocycles. The molecule has 2 aromatic rings. The first-order valence-corrected chi connectivity index (χ1v) is 7.21. The Morgan fingerprint density at radius 2 is 1.96 bits per heavy atom. The molecule has 0 radical (unpaired) electrons. The van der Waals surface area contributed by atoms with Gasteiger partial charge in [0.2, 0.25) is 0 Å². The summed E-state index contributed by atoms with van der Waals surface area (Å²) in [6, 6.07) is 13.2. The number of H-pyrrole nitrogens is 1. The molecule has 2 N–H and O–H groups in total. The van der Waals surface area contributed by atoms with E-state index in [9.17, 15) is 9.90 Å². The maximum Gasteiger partial charge on any atom is 0.272 e. The summed E-state index contributed by atoms with van der Waals surface area (Å²) in [6.07, 6.45) is 1.63. The van der Waals surface area contributed by atoms with Crippen LogP contribution in [0.15, 0.2) is 53.5 Å². The van der Waals surface area contributed by atoms with Gasteiger partial charge in [0.25, 0.3) is 5.56 Å². The summed E-state index contributed by atoms with van der Waals surface area (Å²) < 4.78 is 0. The van der Waals surface area contributed by atoms with Gasteiger partial charge in [-0.1, -0.05) is 30.3 Å². The van der Waals surface area contributed by atoms with Gasteiger partial charge in [-0.25, -0.2) is 10.1 Å². The first-order chi connectivity index (χ1) is 11.1. The molecular formula is C18H13N3O2. The number of nitrogens with zero attached hydrogens (tertiary/aromatic N) is 2. The average molecular weight is 303 g/mol. The van der Waals surface area contributed by atoms with E-state index in [2.05, 4.69) is 15.2 Å². The van der Waals surface area contributed by atoms with E-state index in [0.29, 0.717) is 16.1 Å². The Bertz CT molecular complexity index is 1190. The van der Waals surface area contributed by atoms with Crippen LogP contribution in [0.2, 0.25) is 0 Å². The van der Waals surface area contributed by atoms with Gasteiger partial charge in [-0.3, -0.25) is 4.79 Å². The predicted octanol–water partition coefficient (Wildman–Crippen LogP) is 2.11. The molecule has 2 aliphatic rings. The molecule has 2 heterocycles. The zero-order valence-electron chi connectivity index (χ0n) is 12.4. The molecule has 0 bridgehead atoms. The van der Waals surface area contributed by atoms with Crippen molar-refractivity contribution in [1.29, 1.82) is 0 Å². The van der Waals surface area contributed by atoms with Gasteiger partial charge in [-0.2, -0.15) is 5.10 Å². The molecule has 0 atom stereocenters. The Morgan fingerprint density at radius 1 is 1.17 bits per heavy atom. The largest absolute Gasteiger partial charge is 0.512 e. The van der Waals surface area contributed by atoms with E-state index in [4.69, 9.17) is 0 Å². The first kappa shape index (κ1) is 13.5. The third-order valence-corrected chi connectivity index (χ3v) is 3.94. The van der Waals surface area contributed by atoms with E-state index in [0.717, 1.165) is 21.7 Å². The molecule has 0 unspecified atom stereocenters. The number of rotatable bonds is 1. The Labute approximate surface area is 130 Å². The Morgan fingerprint density at radius 3 is 2.70 bits per heavy atom. The highest BCUT2D eigenvalue weighted by Crippen LogP contribution is 2.23. The SMILES string of the molecule is C/C(O)=c1/cc2nc(-c3ccccc3)c3cn[nH]c(=O)c(c1)c2=3. The molecule has 5 heteroatoms.